The molecule has 1 heterocycles. The molecule has 2 atom stereocenters. The van der Waals surface area contributed by atoms with Gasteiger partial charge in [0.25, 0.3) is 0 Å². The van der Waals surface area contributed by atoms with Crippen molar-refractivity contribution >= 4 is 23.4 Å². The molecule has 2 unspecified atom stereocenters. The molecule has 2 rings (SSSR count). The van der Waals surface area contributed by atoms with E-state index < -0.39 is 5.60 Å². The first-order valence-electron chi connectivity index (χ1n) is 7.73. The number of hydrogen-bond acceptors (Lipinski definition) is 3. The Kier molecular flexibility index (Phi) is 5.22. The number of nitrogens with zero attached hydrogens (tertiary/aromatic N) is 1. The van der Waals surface area contributed by atoms with Crippen LogP contribution in [0.5, 0.6) is 0 Å². The molecule has 1 amide bonds. The molecule has 1 aromatic rings. The fraction of sp³-hybridized carbons (Fsp3) is 0.588. The third-order valence-corrected chi connectivity index (χ3v) is 3.79. The number of piperidine rings is 1. The maximum atomic E-state index is 12.0. The van der Waals surface area contributed by atoms with E-state index in [9.17, 15) is 4.79 Å². The minimum absolute atomic E-state index is 0.0811. The van der Waals surface area contributed by atoms with Gasteiger partial charge in [-0.1, -0.05) is 24.6 Å². The zero-order valence-electron chi connectivity index (χ0n) is 13.7. The van der Waals surface area contributed by atoms with Crippen molar-refractivity contribution in [2.45, 2.75) is 45.8 Å². The molecule has 0 bridgehead atoms. The monoisotopic (exact) mass is 324 g/mol. The molecule has 0 aliphatic carbocycles. The van der Waals surface area contributed by atoms with E-state index in [1.54, 1.807) is 0 Å². The van der Waals surface area contributed by atoms with Crippen molar-refractivity contribution in [2.75, 3.05) is 18.0 Å². The van der Waals surface area contributed by atoms with Gasteiger partial charge in [-0.05, 0) is 51.3 Å². The van der Waals surface area contributed by atoms with Crippen molar-refractivity contribution < 1.29 is 9.53 Å². The summed E-state index contributed by atoms with van der Waals surface area (Å²) >= 11 is 6.08. The Morgan fingerprint density at radius 3 is 2.73 bits per heavy atom. The molecule has 1 aromatic carbocycles. The summed E-state index contributed by atoms with van der Waals surface area (Å²) in [6.45, 7) is 9.54. The van der Waals surface area contributed by atoms with Crippen LogP contribution in [0.25, 0.3) is 0 Å². The van der Waals surface area contributed by atoms with E-state index in [1.807, 2.05) is 39.0 Å². The first-order chi connectivity index (χ1) is 10.2. The number of hydrogen-bond donors (Lipinski definition) is 1. The molecule has 4 nitrogen and oxygen atoms in total. The minimum Gasteiger partial charge on any atom is -0.444 e. The molecule has 1 fully saturated rings. The first-order valence-corrected chi connectivity index (χ1v) is 8.11. The largest absolute Gasteiger partial charge is 0.444 e. The lowest BCUT2D eigenvalue weighted by Crippen LogP contribution is -2.51. The summed E-state index contributed by atoms with van der Waals surface area (Å²) in [4.78, 5) is 14.2. The Bertz CT molecular complexity index is 528. The molecule has 0 aromatic heterocycles. The summed E-state index contributed by atoms with van der Waals surface area (Å²) in [6.07, 6.45) is 0.605. The highest BCUT2D eigenvalue weighted by molar-refractivity contribution is 6.30. The molecule has 1 aliphatic heterocycles. The van der Waals surface area contributed by atoms with E-state index in [1.165, 1.54) is 0 Å². The molecule has 1 saturated heterocycles. The average Bonchev–Trinajstić information content (AvgIpc) is 2.35. The Morgan fingerprint density at radius 1 is 1.36 bits per heavy atom. The SMILES string of the molecule is CC1CC(NC(=O)OC(C)(C)C)CN(c2cccc(Cl)c2)C1. The molecule has 1 aliphatic rings. The second-order valence-corrected chi connectivity index (χ2v) is 7.51. The minimum atomic E-state index is -0.475. The highest BCUT2D eigenvalue weighted by Gasteiger charge is 2.27. The van der Waals surface area contributed by atoms with Crippen molar-refractivity contribution in [1.82, 2.24) is 5.32 Å². The molecule has 5 heteroatoms. The highest BCUT2D eigenvalue weighted by atomic mass is 35.5. The van der Waals surface area contributed by atoms with Gasteiger partial charge in [-0.15, -0.1) is 0 Å². The lowest BCUT2D eigenvalue weighted by molar-refractivity contribution is 0.0495. The number of benzene rings is 1. The molecule has 1 N–H and O–H groups in total. The zero-order chi connectivity index (χ0) is 16.3. The quantitative estimate of drug-likeness (QED) is 0.891. The summed E-state index contributed by atoms with van der Waals surface area (Å²) in [5.41, 5.74) is 0.617. The summed E-state index contributed by atoms with van der Waals surface area (Å²) in [5.74, 6) is 0.493. The Morgan fingerprint density at radius 2 is 2.09 bits per heavy atom. The summed E-state index contributed by atoms with van der Waals surface area (Å²) in [5, 5.41) is 3.71. The van der Waals surface area contributed by atoms with Gasteiger partial charge in [0.1, 0.15) is 5.60 Å². The predicted octanol–water partition coefficient (Wildman–Crippen LogP) is 4.08. The fourth-order valence-corrected chi connectivity index (χ4v) is 3.00. The zero-order valence-corrected chi connectivity index (χ0v) is 14.5. The number of ether oxygens (including phenoxy) is 1. The smallest absolute Gasteiger partial charge is 0.407 e. The number of carbonyl (C=O) groups is 1. The number of nitrogens with one attached hydrogen (secondary N) is 1. The molecule has 0 radical (unpaired) electrons. The highest BCUT2D eigenvalue weighted by Crippen LogP contribution is 2.25. The van der Waals surface area contributed by atoms with Crippen LogP contribution in [0, 0.1) is 5.92 Å². The van der Waals surface area contributed by atoms with Gasteiger partial charge in [0.15, 0.2) is 0 Å². The van der Waals surface area contributed by atoms with Crippen LogP contribution in [0.2, 0.25) is 5.02 Å². The molecule has 0 spiro atoms. The Hall–Kier alpha value is -1.42. The van der Waals surface area contributed by atoms with E-state index in [-0.39, 0.29) is 12.1 Å². The fourth-order valence-electron chi connectivity index (χ4n) is 2.81. The van der Waals surface area contributed by atoms with Crippen LogP contribution in [-0.4, -0.2) is 30.8 Å². The number of alkyl carbamates (subject to hydrolysis) is 1. The van der Waals surface area contributed by atoms with Gasteiger partial charge in [-0.3, -0.25) is 0 Å². The number of rotatable bonds is 2. The molecular weight excluding hydrogens is 300 g/mol. The molecular formula is C17H25ClN2O2. The second-order valence-electron chi connectivity index (χ2n) is 7.07. The van der Waals surface area contributed by atoms with Crippen molar-refractivity contribution in [3.05, 3.63) is 29.3 Å². The summed E-state index contributed by atoms with van der Waals surface area (Å²) in [6, 6.07) is 7.92. The number of halogens is 1. The van der Waals surface area contributed by atoms with Crippen LogP contribution in [0.1, 0.15) is 34.1 Å². The topological polar surface area (TPSA) is 41.6 Å². The van der Waals surface area contributed by atoms with Gasteiger partial charge in [0.2, 0.25) is 0 Å². The van der Waals surface area contributed by atoms with E-state index in [2.05, 4.69) is 23.2 Å². The van der Waals surface area contributed by atoms with Gasteiger partial charge < -0.3 is 15.0 Å². The van der Waals surface area contributed by atoms with E-state index >= 15 is 0 Å². The lowest BCUT2D eigenvalue weighted by atomic mass is 9.95. The van der Waals surface area contributed by atoms with E-state index in [0.29, 0.717) is 5.92 Å². The van der Waals surface area contributed by atoms with Gasteiger partial charge in [-0.2, -0.15) is 0 Å². The van der Waals surface area contributed by atoms with Crippen molar-refractivity contribution in [2.24, 2.45) is 5.92 Å². The first kappa shape index (κ1) is 16.9. The van der Waals surface area contributed by atoms with Crippen LogP contribution in [0.15, 0.2) is 24.3 Å². The predicted molar refractivity (Wildman–Crippen MR) is 90.6 cm³/mol. The van der Waals surface area contributed by atoms with Crippen molar-refractivity contribution in [3.63, 3.8) is 0 Å². The van der Waals surface area contributed by atoms with Gasteiger partial charge >= 0.3 is 6.09 Å². The number of carbonyl (C=O) groups excluding carboxylic acids is 1. The third-order valence-electron chi connectivity index (χ3n) is 3.55. The van der Waals surface area contributed by atoms with Crippen molar-refractivity contribution in [1.29, 1.82) is 0 Å². The van der Waals surface area contributed by atoms with Gasteiger partial charge in [0.05, 0.1) is 0 Å². The van der Waals surface area contributed by atoms with Crippen LogP contribution >= 0.6 is 11.6 Å². The molecule has 22 heavy (non-hydrogen) atoms. The van der Waals surface area contributed by atoms with Crippen LogP contribution < -0.4 is 10.2 Å². The summed E-state index contributed by atoms with van der Waals surface area (Å²) < 4.78 is 5.35. The molecule has 0 saturated carbocycles. The van der Waals surface area contributed by atoms with Crippen molar-refractivity contribution in [3.8, 4) is 0 Å². The van der Waals surface area contributed by atoms with E-state index in [4.69, 9.17) is 16.3 Å². The van der Waals surface area contributed by atoms with Crippen LogP contribution in [0.4, 0.5) is 10.5 Å². The van der Waals surface area contributed by atoms with Crippen LogP contribution in [0.3, 0.4) is 0 Å². The average molecular weight is 325 g/mol. The van der Waals surface area contributed by atoms with Gasteiger partial charge in [-0.25, -0.2) is 4.79 Å². The standard InChI is InChI=1S/C17H25ClN2O2/c1-12-8-14(19-16(21)22-17(2,3)4)11-20(10-12)15-7-5-6-13(18)9-15/h5-7,9,12,14H,8,10-11H2,1-4H3,(H,19,21). The Labute approximate surface area is 137 Å². The van der Waals surface area contributed by atoms with Gasteiger partial charge in [0, 0.05) is 29.8 Å². The summed E-state index contributed by atoms with van der Waals surface area (Å²) in [7, 11) is 0. The maximum absolute atomic E-state index is 12.0. The maximum Gasteiger partial charge on any atom is 0.407 e. The van der Waals surface area contributed by atoms with Crippen LogP contribution in [-0.2, 0) is 4.74 Å². The Balaban J connectivity index is 2.00. The second kappa shape index (κ2) is 6.78. The number of amides is 1. The number of anilines is 1. The lowest BCUT2D eigenvalue weighted by Gasteiger charge is -2.38. The normalized spacial score (nSPS) is 22.3. The molecule has 122 valence electrons. The third kappa shape index (κ3) is 5.09. The van der Waals surface area contributed by atoms with E-state index in [0.717, 1.165) is 30.2 Å².